The van der Waals surface area contributed by atoms with Crippen LogP contribution in [-0.2, 0) is 4.79 Å². The first-order valence-electron chi connectivity index (χ1n) is 11.1. The molecule has 1 amide bonds. The van der Waals surface area contributed by atoms with Crippen molar-refractivity contribution in [2.24, 2.45) is 0 Å². The average molecular weight is 480 g/mol. The molecule has 0 radical (unpaired) electrons. The number of amides is 1. The lowest BCUT2D eigenvalue weighted by Crippen LogP contribution is -2.14. The van der Waals surface area contributed by atoms with Gasteiger partial charge >= 0.3 is 0 Å². The molecule has 1 N–H and O–H groups in total. The zero-order chi connectivity index (χ0) is 24.8. The van der Waals surface area contributed by atoms with Crippen LogP contribution in [0.15, 0.2) is 83.9 Å². The lowest BCUT2D eigenvalue weighted by molar-refractivity contribution is -0.113. The van der Waals surface area contributed by atoms with Gasteiger partial charge in [0.05, 0.1) is 24.1 Å². The average Bonchev–Trinajstić information content (AvgIpc) is 2.87. The van der Waals surface area contributed by atoms with Gasteiger partial charge in [-0.05, 0) is 60.9 Å². The number of anilines is 1. The van der Waals surface area contributed by atoms with Gasteiger partial charge in [-0.2, -0.15) is 5.26 Å². The highest BCUT2D eigenvalue weighted by Crippen LogP contribution is 2.35. The number of thioether (sulfide) groups is 1. The highest BCUT2D eigenvalue weighted by atomic mass is 32.2. The summed E-state index contributed by atoms with van der Waals surface area (Å²) in [5.41, 5.74) is 6.70. The second-order valence-electron chi connectivity index (χ2n) is 8.15. The third-order valence-electron chi connectivity index (χ3n) is 5.41. The van der Waals surface area contributed by atoms with Crippen molar-refractivity contribution >= 4 is 23.4 Å². The van der Waals surface area contributed by atoms with E-state index in [-0.39, 0.29) is 11.7 Å². The van der Waals surface area contributed by atoms with Crippen LogP contribution in [0.4, 0.5) is 5.69 Å². The minimum absolute atomic E-state index is 0.134. The lowest BCUT2D eigenvalue weighted by Gasteiger charge is -2.13. The number of rotatable bonds is 7. The number of benzene rings is 3. The Labute approximate surface area is 209 Å². The number of nitrogens with one attached hydrogen (secondary N) is 1. The molecule has 3 aromatic carbocycles. The van der Waals surface area contributed by atoms with Crippen molar-refractivity contribution in [3.05, 3.63) is 95.6 Å². The zero-order valence-corrected chi connectivity index (χ0v) is 20.6. The van der Waals surface area contributed by atoms with Gasteiger partial charge in [0.15, 0.2) is 0 Å². The molecule has 0 spiro atoms. The van der Waals surface area contributed by atoms with Gasteiger partial charge < -0.3 is 10.1 Å². The SMILES string of the molecule is COc1ccc(-c2cc(-c3ccccc3)nc(SCC(=O)Nc3cc(C)cc(C)c3)c2C#N)cc1. The Morgan fingerprint density at radius 2 is 1.66 bits per heavy atom. The van der Waals surface area contributed by atoms with Crippen molar-refractivity contribution in [2.75, 3.05) is 18.2 Å². The van der Waals surface area contributed by atoms with E-state index in [0.29, 0.717) is 10.6 Å². The van der Waals surface area contributed by atoms with Gasteiger partial charge in [0, 0.05) is 16.8 Å². The quantitative estimate of drug-likeness (QED) is 0.301. The molecule has 0 fully saturated rings. The molecule has 1 heterocycles. The summed E-state index contributed by atoms with van der Waals surface area (Å²) in [6.45, 7) is 3.99. The Hall–Kier alpha value is -4.08. The van der Waals surface area contributed by atoms with Crippen molar-refractivity contribution in [1.29, 1.82) is 5.26 Å². The molecule has 0 unspecified atom stereocenters. The van der Waals surface area contributed by atoms with Crippen molar-refractivity contribution in [1.82, 2.24) is 4.98 Å². The van der Waals surface area contributed by atoms with E-state index in [9.17, 15) is 10.1 Å². The second-order valence-corrected chi connectivity index (χ2v) is 9.12. The van der Waals surface area contributed by atoms with Crippen LogP contribution in [0, 0.1) is 25.2 Å². The summed E-state index contributed by atoms with van der Waals surface area (Å²) in [7, 11) is 1.62. The maximum Gasteiger partial charge on any atom is 0.234 e. The van der Waals surface area contributed by atoms with Crippen LogP contribution in [0.25, 0.3) is 22.4 Å². The predicted octanol–water partition coefficient (Wildman–Crippen LogP) is 6.64. The summed E-state index contributed by atoms with van der Waals surface area (Å²) in [5, 5.41) is 13.5. The van der Waals surface area contributed by atoms with Gasteiger partial charge in [-0.15, -0.1) is 0 Å². The summed E-state index contributed by atoms with van der Waals surface area (Å²) in [5.74, 6) is 0.721. The summed E-state index contributed by atoms with van der Waals surface area (Å²) in [6, 6.07) is 27.6. The number of nitriles is 1. The lowest BCUT2D eigenvalue weighted by atomic mass is 9.99. The number of carbonyl (C=O) groups is 1. The Balaban J connectivity index is 1.68. The highest BCUT2D eigenvalue weighted by molar-refractivity contribution is 8.00. The minimum atomic E-state index is -0.151. The molecule has 0 saturated carbocycles. The van der Waals surface area contributed by atoms with Crippen LogP contribution in [0.1, 0.15) is 16.7 Å². The topological polar surface area (TPSA) is 75.0 Å². The number of hydrogen-bond acceptors (Lipinski definition) is 5. The Kier molecular flexibility index (Phi) is 7.49. The first-order valence-corrected chi connectivity index (χ1v) is 12.1. The molecule has 0 aliphatic heterocycles. The largest absolute Gasteiger partial charge is 0.497 e. The van der Waals surface area contributed by atoms with Crippen LogP contribution in [-0.4, -0.2) is 23.8 Å². The highest BCUT2D eigenvalue weighted by Gasteiger charge is 2.17. The van der Waals surface area contributed by atoms with Crippen LogP contribution in [0.3, 0.4) is 0 Å². The fraction of sp³-hybridized carbons (Fsp3) is 0.138. The fourth-order valence-electron chi connectivity index (χ4n) is 3.87. The van der Waals surface area contributed by atoms with E-state index in [1.807, 2.05) is 86.6 Å². The number of ether oxygens (including phenoxy) is 1. The molecule has 0 atom stereocenters. The molecule has 4 rings (SSSR count). The molecular formula is C29H25N3O2S. The standard InChI is InChI=1S/C29H25N3O2S/c1-19-13-20(2)15-23(14-19)31-28(33)18-35-29-26(17-30)25(21-9-11-24(34-3)12-10-21)16-27(32-29)22-7-5-4-6-8-22/h4-16H,18H2,1-3H3,(H,31,33). The number of pyridine rings is 1. The normalized spacial score (nSPS) is 10.5. The monoisotopic (exact) mass is 479 g/mol. The maximum atomic E-state index is 12.7. The molecule has 0 aliphatic carbocycles. The van der Waals surface area contributed by atoms with E-state index in [0.717, 1.165) is 44.9 Å². The number of methoxy groups -OCH3 is 1. The van der Waals surface area contributed by atoms with E-state index < -0.39 is 0 Å². The van der Waals surface area contributed by atoms with Crippen molar-refractivity contribution in [3.63, 3.8) is 0 Å². The third-order valence-corrected chi connectivity index (χ3v) is 6.39. The number of aromatic nitrogens is 1. The summed E-state index contributed by atoms with van der Waals surface area (Å²) in [4.78, 5) is 17.5. The molecule has 35 heavy (non-hydrogen) atoms. The van der Waals surface area contributed by atoms with Gasteiger partial charge in [0.25, 0.3) is 0 Å². The maximum absolute atomic E-state index is 12.7. The summed E-state index contributed by atoms with van der Waals surface area (Å²) in [6.07, 6.45) is 0. The minimum Gasteiger partial charge on any atom is -0.497 e. The molecule has 4 aromatic rings. The molecule has 0 saturated heterocycles. The van der Waals surface area contributed by atoms with Gasteiger partial charge in [0.2, 0.25) is 5.91 Å². The predicted molar refractivity (Wildman–Crippen MR) is 142 cm³/mol. The van der Waals surface area contributed by atoms with E-state index >= 15 is 0 Å². The first kappa shape index (κ1) is 24.1. The number of aryl methyl sites for hydroxylation is 2. The Bertz CT molecular complexity index is 1370. The van der Waals surface area contributed by atoms with E-state index in [4.69, 9.17) is 9.72 Å². The van der Waals surface area contributed by atoms with Crippen molar-refractivity contribution in [2.45, 2.75) is 18.9 Å². The molecule has 5 nitrogen and oxygen atoms in total. The summed E-state index contributed by atoms with van der Waals surface area (Å²) < 4.78 is 5.28. The fourth-order valence-corrected chi connectivity index (χ4v) is 4.67. The summed E-state index contributed by atoms with van der Waals surface area (Å²) >= 11 is 1.26. The van der Waals surface area contributed by atoms with Crippen LogP contribution in [0.2, 0.25) is 0 Å². The first-order chi connectivity index (χ1) is 17.0. The number of carbonyl (C=O) groups excluding carboxylic acids is 1. The van der Waals surface area contributed by atoms with Crippen LogP contribution in [0.5, 0.6) is 5.75 Å². The van der Waals surface area contributed by atoms with Crippen molar-refractivity contribution < 1.29 is 9.53 Å². The molecule has 174 valence electrons. The Morgan fingerprint density at radius 1 is 0.971 bits per heavy atom. The van der Waals surface area contributed by atoms with Crippen LogP contribution >= 0.6 is 11.8 Å². The van der Waals surface area contributed by atoms with Gasteiger partial charge in [-0.25, -0.2) is 4.98 Å². The van der Waals surface area contributed by atoms with Gasteiger partial charge in [-0.3, -0.25) is 4.79 Å². The molecular weight excluding hydrogens is 454 g/mol. The zero-order valence-electron chi connectivity index (χ0n) is 19.8. The molecule has 0 bridgehead atoms. The number of hydrogen-bond donors (Lipinski definition) is 1. The van der Waals surface area contributed by atoms with Gasteiger partial charge in [0.1, 0.15) is 16.8 Å². The Morgan fingerprint density at radius 3 is 2.29 bits per heavy atom. The molecule has 0 aliphatic rings. The van der Waals surface area contributed by atoms with Crippen molar-refractivity contribution in [3.8, 4) is 34.2 Å². The second kappa shape index (κ2) is 10.9. The van der Waals surface area contributed by atoms with Gasteiger partial charge in [-0.1, -0.05) is 60.3 Å². The van der Waals surface area contributed by atoms with Crippen LogP contribution < -0.4 is 10.1 Å². The molecule has 1 aromatic heterocycles. The van der Waals surface area contributed by atoms with E-state index in [2.05, 4.69) is 17.5 Å². The smallest absolute Gasteiger partial charge is 0.234 e. The molecule has 6 heteroatoms. The number of nitrogens with zero attached hydrogens (tertiary/aromatic N) is 2. The van der Waals surface area contributed by atoms with E-state index in [1.54, 1.807) is 7.11 Å². The third kappa shape index (κ3) is 5.89. The van der Waals surface area contributed by atoms with E-state index in [1.165, 1.54) is 11.8 Å².